The van der Waals surface area contributed by atoms with E-state index in [9.17, 15) is 0 Å². The molecule has 0 spiro atoms. The van der Waals surface area contributed by atoms with Gasteiger partial charge >= 0.3 is 7.12 Å². The van der Waals surface area contributed by atoms with E-state index in [1.165, 1.54) is 21.9 Å². The average Bonchev–Trinajstić information content (AvgIpc) is 2.90. The first-order valence-corrected chi connectivity index (χ1v) is 10.1. The quantitative estimate of drug-likeness (QED) is 0.479. The van der Waals surface area contributed by atoms with Crippen LogP contribution >= 0.6 is 12.6 Å². The van der Waals surface area contributed by atoms with E-state index in [-0.39, 0.29) is 18.3 Å². The lowest BCUT2D eigenvalue weighted by atomic mass is 9.78. The smallest absolute Gasteiger partial charge is 0.399 e. The highest BCUT2D eigenvalue weighted by Crippen LogP contribution is 2.36. The molecule has 0 atom stereocenters. The van der Waals surface area contributed by atoms with Gasteiger partial charge in [0.2, 0.25) is 0 Å². The highest BCUT2D eigenvalue weighted by molar-refractivity contribution is 7.79. The number of fused-ring (bicyclic) bond motifs is 1. The SMILES string of the molecule is CC1(C)OB(c2ccc3cc(-c4ccccc4)ccc3c2)OC1(C)C.CS. The second kappa shape index (κ2) is 7.71. The zero-order valence-corrected chi connectivity index (χ0v) is 17.6. The van der Waals surface area contributed by atoms with E-state index in [4.69, 9.17) is 9.31 Å². The molecule has 0 saturated carbocycles. The maximum Gasteiger partial charge on any atom is 0.494 e. The van der Waals surface area contributed by atoms with E-state index in [1.807, 2.05) is 6.07 Å². The van der Waals surface area contributed by atoms with Crippen molar-refractivity contribution in [1.82, 2.24) is 0 Å². The molecule has 27 heavy (non-hydrogen) atoms. The van der Waals surface area contributed by atoms with Gasteiger partial charge in [0.15, 0.2) is 0 Å². The van der Waals surface area contributed by atoms with E-state index in [0.717, 1.165) is 5.46 Å². The Morgan fingerprint density at radius 2 is 1.22 bits per heavy atom. The van der Waals surface area contributed by atoms with Crippen molar-refractivity contribution in [3.05, 3.63) is 66.7 Å². The molecule has 1 heterocycles. The summed E-state index contributed by atoms with van der Waals surface area (Å²) in [5, 5.41) is 2.42. The standard InChI is InChI=1S/C22H23BO2.CH4S/c1-21(2)22(3,4)25-23(24-21)20-13-12-18-14-17(10-11-19(18)15-20)16-8-6-5-7-9-16;1-2/h5-15H,1-4H3;2H,1H3. The van der Waals surface area contributed by atoms with Gasteiger partial charge < -0.3 is 9.31 Å². The van der Waals surface area contributed by atoms with Gasteiger partial charge in [0, 0.05) is 0 Å². The summed E-state index contributed by atoms with van der Waals surface area (Å²) in [5.74, 6) is 0. The van der Waals surface area contributed by atoms with Crippen molar-refractivity contribution in [1.29, 1.82) is 0 Å². The second-order valence-electron chi connectivity index (χ2n) is 7.78. The Morgan fingerprint density at radius 3 is 1.85 bits per heavy atom. The molecule has 3 aromatic rings. The Morgan fingerprint density at radius 1 is 0.667 bits per heavy atom. The molecule has 1 fully saturated rings. The van der Waals surface area contributed by atoms with Crippen molar-refractivity contribution in [3.8, 4) is 11.1 Å². The Bertz CT molecular complexity index is 906. The van der Waals surface area contributed by atoms with E-state index >= 15 is 0 Å². The van der Waals surface area contributed by atoms with E-state index in [0.29, 0.717) is 0 Å². The summed E-state index contributed by atoms with van der Waals surface area (Å²) in [7, 11) is -0.316. The first kappa shape index (κ1) is 20.0. The minimum Gasteiger partial charge on any atom is -0.399 e. The molecule has 4 rings (SSSR count). The topological polar surface area (TPSA) is 18.5 Å². The van der Waals surface area contributed by atoms with Crippen LogP contribution in [0.4, 0.5) is 0 Å². The van der Waals surface area contributed by atoms with Gasteiger partial charge in [-0.25, -0.2) is 0 Å². The largest absolute Gasteiger partial charge is 0.494 e. The fourth-order valence-corrected chi connectivity index (χ4v) is 3.20. The number of rotatable bonds is 2. The molecule has 1 saturated heterocycles. The molecule has 0 amide bonds. The maximum absolute atomic E-state index is 6.17. The van der Waals surface area contributed by atoms with Crippen molar-refractivity contribution in [3.63, 3.8) is 0 Å². The second-order valence-corrected chi connectivity index (χ2v) is 7.78. The first-order chi connectivity index (χ1) is 12.9. The first-order valence-electron chi connectivity index (χ1n) is 9.25. The molecule has 0 aromatic heterocycles. The van der Waals surface area contributed by atoms with Gasteiger partial charge in [0.1, 0.15) is 0 Å². The number of benzene rings is 3. The van der Waals surface area contributed by atoms with E-state index in [2.05, 4.69) is 101 Å². The Kier molecular flexibility index (Phi) is 5.71. The van der Waals surface area contributed by atoms with Gasteiger partial charge in [-0.3, -0.25) is 0 Å². The van der Waals surface area contributed by atoms with Crippen LogP contribution in [0.25, 0.3) is 21.9 Å². The van der Waals surface area contributed by atoms with E-state index < -0.39 is 0 Å². The third-order valence-electron chi connectivity index (χ3n) is 5.50. The van der Waals surface area contributed by atoms with Gasteiger partial charge in [0.25, 0.3) is 0 Å². The minimum atomic E-state index is -0.316. The van der Waals surface area contributed by atoms with Crippen LogP contribution in [0.1, 0.15) is 27.7 Å². The molecule has 0 aliphatic carbocycles. The minimum absolute atomic E-state index is 0.316. The van der Waals surface area contributed by atoms with Crippen molar-refractivity contribution in [2.75, 3.05) is 6.26 Å². The van der Waals surface area contributed by atoms with Crippen LogP contribution in [0.5, 0.6) is 0 Å². The predicted molar refractivity (Wildman–Crippen MR) is 120 cm³/mol. The summed E-state index contributed by atoms with van der Waals surface area (Å²) in [4.78, 5) is 0. The van der Waals surface area contributed by atoms with Crippen molar-refractivity contribution >= 4 is 36.0 Å². The molecular weight excluding hydrogens is 351 g/mol. The molecule has 3 aromatic carbocycles. The lowest BCUT2D eigenvalue weighted by molar-refractivity contribution is 0.00578. The fraction of sp³-hybridized carbons (Fsp3) is 0.304. The van der Waals surface area contributed by atoms with Crippen molar-refractivity contribution < 1.29 is 9.31 Å². The summed E-state index contributed by atoms with van der Waals surface area (Å²) >= 11 is 3.53. The highest BCUT2D eigenvalue weighted by Gasteiger charge is 2.51. The molecule has 0 N–H and O–H groups in total. The van der Waals surface area contributed by atoms with E-state index in [1.54, 1.807) is 6.26 Å². The monoisotopic (exact) mass is 378 g/mol. The summed E-state index contributed by atoms with van der Waals surface area (Å²) in [5.41, 5.74) is 2.91. The zero-order valence-electron chi connectivity index (χ0n) is 16.7. The fourth-order valence-electron chi connectivity index (χ4n) is 3.20. The average molecular weight is 378 g/mol. The summed E-state index contributed by atoms with van der Waals surface area (Å²) in [6.45, 7) is 8.33. The molecule has 0 unspecified atom stereocenters. The van der Waals surface area contributed by atoms with Gasteiger partial charge in [0.05, 0.1) is 11.2 Å². The molecule has 1 aliphatic rings. The Hall–Kier alpha value is -1.75. The van der Waals surface area contributed by atoms with Crippen LogP contribution in [-0.2, 0) is 9.31 Å². The van der Waals surface area contributed by atoms with Gasteiger partial charge in [-0.05, 0) is 67.4 Å². The molecule has 1 aliphatic heterocycles. The van der Waals surface area contributed by atoms with Crippen molar-refractivity contribution in [2.45, 2.75) is 38.9 Å². The molecule has 0 bridgehead atoms. The van der Waals surface area contributed by atoms with Crippen LogP contribution in [0.15, 0.2) is 66.7 Å². The Balaban J connectivity index is 0.00000102. The third-order valence-corrected chi connectivity index (χ3v) is 5.50. The normalized spacial score (nSPS) is 17.5. The molecule has 140 valence electrons. The number of thiol groups is 1. The molecular formula is C23H27BO2S. The zero-order chi connectivity index (χ0) is 19.7. The summed E-state index contributed by atoms with van der Waals surface area (Å²) in [6.07, 6.45) is 1.69. The van der Waals surface area contributed by atoms with Gasteiger partial charge in [-0.1, -0.05) is 60.7 Å². The lowest BCUT2D eigenvalue weighted by Crippen LogP contribution is -2.41. The lowest BCUT2D eigenvalue weighted by Gasteiger charge is -2.32. The van der Waals surface area contributed by atoms with Gasteiger partial charge in [-0.2, -0.15) is 12.6 Å². The maximum atomic E-state index is 6.17. The summed E-state index contributed by atoms with van der Waals surface area (Å²) in [6, 6.07) is 23.5. The molecule has 4 heteroatoms. The number of hydrogen-bond acceptors (Lipinski definition) is 3. The van der Waals surface area contributed by atoms with Crippen LogP contribution in [0, 0.1) is 0 Å². The Labute approximate surface area is 168 Å². The van der Waals surface area contributed by atoms with Crippen LogP contribution < -0.4 is 5.46 Å². The summed E-state index contributed by atoms with van der Waals surface area (Å²) < 4.78 is 12.3. The van der Waals surface area contributed by atoms with Gasteiger partial charge in [-0.15, -0.1) is 0 Å². The highest BCUT2D eigenvalue weighted by atomic mass is 32.1. The van der Waals surface area contributed by atoms with Crippen molar-refractivity contribution in [2.24, 2.45) is 0 Å². The third kappa shape index (κ3) is 3.93. The predicted octanol–water partition coefficient (Wildman–Crippen LogP) is 5.35. The number of hydrogen-bond donors (Lipinski definition) is 1. The molecule has 0 radical (unpaired) electrons. The van der Waals surface area contributed by atoms with Crippen LogP contribution in [-0.4, -0.2) is 24.6 Å². The van der Waals surface area contributed by atoms with Crippen LogP contribution in [0.3, 0.4) is 0 Å². The molecule has 2 nitrogen and oxygen atoms in total. The van der Waals surface area contributed by atoms with Crippen LogP contribution in [0.2, 0.25) is 0 Å².